The highest BCUT2D eigenvalue weighted by atomic mass is 127. The Morgan fingerprint density at radius 3 is 2.33 bits per heavy atom. The normalized spacial score (nSPS) is 12.5. The Morgan fingerprint density at radius 2 is 1.76 bits per heavy atom. The molecule has 0 saturated carbocycles. The zero-order valence-electron chi connectivity index (χ0n) is 20.7. The van der Waals surface area contributed by atoms with Crippen molar-refractivity contribution in [2.75, 3.05) is 33.7 Å². The summed E-state index contributed by atoms with van der Waals surface area (Å²) >= 11 is 0. The van der Waals surface area contributed by atoms with E-state index in [1.807, 2.05) is 43.3 Å². The molecule has 0 aliphatic heterocycles. The SMILES string of the molecule is CCNC(=NCC(O)c1ccc(C(C)(C)C)cc1)NCCc1cccc(C(=O)N(C)C)c1.I. The van der Waals surface area contributed by atoms with E-state index in [-0.39, 0.29) is 41.8 Å². The first-order chi connectivity index (χ1) is 15.1. The van der Waals surface area contributed by atoms with E-state index in [1.54, 1.807) is 19.0 Å². The van der Waals surface area contributed by atoms with Crippen LogP contribution in [-0.4, -0.2) is 55.6 Å². The van der Waals surface area contributed by atoms with Gasteiger partial charge in [-0.2, -0.15) is 0 Å². The van der Waals surface area contributed by atoms with Crippen LogP contribution in [0.1, 0.15) is 60.8 Å². The van der Waals surface area contributed by atoms with Crippen molar-refractivity contribution >= 4 is 35.8 Å². The molecule has 3 N–H and O–H groups in total. The molecule has 2 rings (SSSR count). The van der Waals surface area contributed by atoms with Gasteiger partial charge in [0.15, 0.2) is 5.96 Å². The molecule has 0 radical (unpaired) electrons. The van der Waals surface area contributed by atoms with Crippen molar-refractivity contribution in [1.82, 2.24) is 15.5 Å². The summed E-state index contributed by atoms with van der Waals surface area (Å²) in [4.78, 5) is 18.3. The molecule has 1 unspecified atom stereocenters. The van der Waals surface area contributed by atoms with E-state index in [1.165, 1.54) is 5.56 Å². The molecule has 0 spiro atoms. The molecule has 0 aliphatic carbocycles. The van der Waals surface area contributed by atoms with Crippen LogP contribution in [0.5, 0.6) is 0 Å². The maximum Gasteiger partial charge on any atom is 0.253 e. The second-order valence-corrected chi connectivity index (χ2v) is 9.18. The number of rotatable bonds is 8. The van der Waals surface area contributed by atoms with Crippen LogP contribution in [0.3, 0.4) is 0 Å². The van der Waals surface area contributed by atoms with Crippen LogP contribution >= 0.6 is 24.0 Å². The van der Waals surface area contributed by atoms with Crippen molar-refractivity contribution in [2.45, 2.75) is 45.6 Å². The van der Waals surface area contributed by atoms with Crippen LogP contribution < -0.4 is 10.6 Å². The van der Waals surface area contributed by atoms with Gasteiger partial charge in [-0.1, -0.05) is 57.2 Å². The summed E-state index contributed by atoms with van der Waals surface area (Å²) in [6, 6.07) is 15.8. The molecule has 1 amide bonds. The van der Waals surface area contributed by atoms with E-state index in [9.17, 15) is 9.90 Å². The van der Waals surface area contributed by atoms with Gasteiger partial charge in [-0.3, -0.25) is 9.79 Å². The van der Waals surface area contributed by atoms with Crippen LogP contribution in [0.4, 0.5) is 0 Å². The summed E-state index contributed by atoms with van der Waals surface area (Å²) in [7, 11) is 3.51. The van der Waals surface area contributed by atoms with E-state index in [0.717, 1.165) is 24.1 Å². The standard InChI is InChI=1S/C26H38N4O2.HI/c1-7-27-25(28-16-15-19-9-8-10-21(17-19)24(32)30(5)6)29-18-23(31)20-11-13-22(14-12-20)26(2,3)4;/h8-14,17,23,31H,7,15-16,18H2,1-6H3,(H2,27,28,29);1H. The van der Waals surface area contributed by atoms with Crippen molar-refractivity contribution in [1.29, 1.82) is 0 Å². The van der Waals surface area contributed by atoms with Crippen LogP contribution in [0.2, 0.25) is 0 Å². The molecule has 2 aromatic carbocycles. The third-order valence-corrected chi connectivity index (χ3v) is 5.21. The van der Waals surface area contributed by atoms with Crippen LogP contribution in [0, 0.1) is 0 Å². The van der Waals surface area contributed by atoms with Crippen molar-refractivity contribution in [3.05, 3.63) is 70.8 Å². The number of aliphatic hydroxyl groups is 1. The lowest BCUT2D eigenvalue weighted by atomic mass is 9.86. The third-order valence-electron chi connectivity index (χ3n) is 5.21. The average molecular weight is 567 g/mol. The van der Waals surface area contributed by atoms with Gasteiger partial charge in [-0.25, -0.2) is 0 Å². The number of carbonyl (C=O) groups is 1. The summed E-state index contributed by atoms with van der Waals surface area (Å²) in [6.07, 6.45) is 0.101. The maximum absolute atomic E-state index is 12.2. The number of carbonyl (C=O) groups excluding carboxylic acids is 1. The highest BCUT2D eigenvalue weighted by Crippen LogP contribution is 2.24. The number of amides is 1. The fourth-order valence-corrected chi connectivity index (χ4v) is 3.27. The number of hydrogen-bond acceptors (Lipinski definition) is 3. The van der Waals surface area contributed by atoms with Crippen LogP contribution in [0.15, 0.2) is 53.5 Å². The van der Waals surface area contributed by atoms with Crippen molar-refractivity contribution < 1.29 is 9.90 Å². The Balaban J connectivity index is 0.00000544. The van der Waals surface area contributed by atoms with Gasteiger partial charge in [0.05, 0.1) is 12.6 Å². The lowest BCUT2D eigenvalue weighted by molar-refractivity contribution is 0.0827. The van der Waals surface area contributed by atoms with Gasteiger partial charge in [-0.05, 0) is 47.6 Å². The Morgan fingerprint density at radius 1 is 1.09 bits per heavy atom. The Labute approximate surface area is 215 Å². The molecule has 33 heavy (non-hydrogen) atoms. The fourth-order valence-electron chi connectivity index (χ4n) is 3.27. The van der Waals surface area contributed by atoms with Gasteiger partial charge in [0.1, 0.15) is 0 Å². The number of nitrogens with one attached hydrogen (secondary N) is 2. The maximum atomic E-state index is 12.2. The average Bonchev–Trinajstić information content (AvgIpc) is 2.76. The summed E-state index contributed by atoms with van der Waals surface area (Å²) in [6.45, 7) is 10.2. The first-order valence-corrected chi connectivity index (χ1v) is 11.2. The minimum Gasteiger partial charge on any atom is -0.386 e. The summed E-state index contributed by atoms with van der Waals surface area (Å²) in [5.74, 6) is 0.664. The third kappa shape index (κ3) is 9.33. The number of guanidine groups is 1. The second-order valence-electron chi connectivity index (χ2n) is 9.18. The van der Waals surface area contributed by atoms with Crippen molar-refractivity contribution in [3.63, 3.8) is 0 Å². The highest BCUT2D eigenvalue weighted by molar-refractivity contribution is 14.0. The van der Waals surface area contributed by atoms with E-state index in [2.05, 4.69) is 48.5 Å². The molecule has 0 heterocycles. The molecule has 6 nitrogen and oxygen atoms in total. The Hall–Kier alpha value is -2.13. The number of aliphatic imine (C=N–C) groups is 1. The lowest BCUT2D eigenvalue weighted by Crippen LogP contribution is -2.38. The van der Waals surface area contributed by atoms with E-state index in [4.69, 9.17) is 0 Å². The molecular weight excluding hydrogens is 527 g/mol. The van der Waals surface area contributed by atoms with E-state index >= 15 is 0 Å². The molecule has 2 aromatic rings. The molecule has 0 aliphatic rings. The number of benzene rings is 2. The lowest BCUT2D eigenvalue weighted by Gasteiger charge is -2.20. The molecule has 182 valence electrons. The minimum atomic E-state index is -0.659. The molecule has 0 fully saturated rings. The zero-order valence-corrected chi connectivity index (χ0v) is 23.0. The first-order valence-electron chi connectivity index (χ1n) is 11.2. The fraction of sp³-hybridized carbons (Fsp3) is 0.462. The molecule has 0 aromatic heterocycles. The Bertz CT molecular complexity index is 905. The van der Waals surface area contributed by atoms with Crippen LogP contribution in [-0.2, 0) is 11.8 Å². The second kappa shape index (κ2) is 13.5. The largest absolute Gasteiger partial charge is 0.386 e. The topological polar surface area (TPSA) is 77.0 Å². The number of halogens is 1. The van der Waals surface area contributed by atoms with Crippen molar-refractivity contribution in [3.8, 4) is 0 Å². The van der Waals surface area contributed by atoms with Gasteiger partial charge < -0.3 is 20.6 Å². The van der Waals surface area contributed by atoms with Gasteiger partial charge in [0.2, 0.25) is 0 Å². The summed E-state index contributed by atoms with van der Waals surface area (Å²) in [5, 5.41) is 17.1. The predicted octanol–water partition coefficient (Wildman–Crippen LogP) is 4.14. The zero-order chi connectivity index (χ0) is 23.7. The number of hydrogen-bond donors (Lipinski definition) is 3. The highest BCUT2D eigenvalue weighted by Gasteiger charge is 2.14. The van der Waals surface area contributed by atoms with E-state index < -0.39 is 6.10 Å². The number of nitrogens with zero attached hydrogens (tertiary/aromatic N) is 2. The van der Waals surface area contributed by atoms with Crippen LogP contribution in [0.25, 0.3) is 0 Å². The van der Waals surface area contributed by atoms with Gasteiger partial charge in [-0.15, -0.1) is 24.0 Å². The molecule has 0 bridgehead atoms. The molecular formula is C26H39IN4O2. The smallest absolute Gasteiger partial charge is 0.253 e. The summed E-state index contributed by atoms with van der Waals surface area (Å²) in [5.41, 5.74) is 3.96. The summed E-state index contributed by atoms with van der Waals surface area (Å²) < 4.78 is 0. The van der Waals surface area contributed by atoms with Gasteiger partial charge in [0.25, 0.3) is 5.91 Å². The minimum absolute atomic E-state index is 0. The van der Waals surface area contributed by atoms with E-state index in [0.29, 0.717) is 18.1 Å². The monoisotopic (exact) mass is 566 g/mol. The number of aliphatic hydroxyl groups excluding tert-OH is 1. The first kappa shape index (κ1) is 28.9. The molecule has 0 saturated heterocycles. The Kier molecular flexibility index (Phi) is 11.9. The van der Waals surface area contributed by atoms with Gasteiger partial charge in [0, 0.05) is 32.7 Å². The van der Waals surface area contributed by atoms with Gasteiger partial charge >= 0.3 is 0 Å². The molecule has 7 heteroatoms. The quantitative estimate of drug-likeness (QED) is 0.255. The molecule has 1 atom stereocenters. The van der Waals surface area contributed by atoms with Crippen molar-refractivity contribution in [2.24, 2.45) is 4.99 Å². The predicted molar refractivity (Wildman–Crippen MR) is 148 cm³/mol.